The maximum absolute atomic E-state index is 4.88. The fraction of sp³-hybridized carbons (Fsp3) is 0. The molecule has 6 aromatic carbocycles. The van der Waals surface area contributed by atoms with E-state index in [1.165, 1.54) is 60.0 Å². The average Bonchev–Trinajstić information content (AvgIpc) is 3.30. The van der Waals surface area contributed by atoms with Crippen molar-refractivity contribution < 1.29 is 0 Å². The van der Waals surface area contributed by atoms with Gasteiger partial charge in [0.2, 0.25) is 0 Å². The SMILES string of the molecule is c1ccc(-n2c3ccccc3c3cc(-c4cc5c6ccccc6ccc5c5cccnc45)ccc32)cc1. The second-order valence-electron chi connectivity index (χ2n) is 9.63. The first-order valence-electron chi connectivity index (χ1n) is 12.6. The highest BCUT2D eigenvalue weighted by molar-refractivity contribution is 6.20. The van der Waals surface area contributed by atoms with E-state index >= 15 is 0 Å². The molecule has 37 heavy (non-hydrogen) atoms. The van der Waals surface area contributed by atoms with Crippen molar-refractivity contribution in [1.29, 1.82) is 0 Å². The van der Waals surface area contributed by atoms with E-state index in [0.29, 0.717) is 0 Å². The average molecular weight is 471 g/mol. The minimum Gasteiger partial charge on any atom is -0.309 e. The van der Waals surface area contributed by atoms with E-state index in [0.717, 1.165) is 11.1 Å². The Hall–Kier alpha value is -4.95. The molecule has 0 aliphatic rings. The van der Waals surface area contributed by atoms with Gasteiger partial charge >= 0.3 is 0 Å². The lowest BCUT2D eigenvalue weighted by atomic mass is 9.93. The van der Waals surface area contributed by atoms with E-state index in [9.17, 15) is 0 Å². The number of benzene rings is 6. The van der Waals surface area contributed by atoms with Gasteiger partial charge in [-0.1, -0.05) is 84.9 Å². The van der Waals surface area contributed by atoms with Crippen molar-refractivity contribution in [1.82, 2.24) is 9.55 Å². The topological polar surface area (TPSA) is 17.8 Å². The summed E-state index contributed by atoms with van der Waals surface area (Å²) in [4.78, 5) is 4.88. The monoisotopic (exact) mass is 470 g/mol. The van der Waals surface area contributed by atoms with Crippen LogP contribution in [0.25, 0.3) is 71.1 Å². The third-order valence-electron chi connectivity index (χ3n) is 7.61. The lowest BCUT2D eigenvalue weighted by Crippen LogP contribution is -1.93. The van der Waals surface area contributed by atoms with Gasteiger partial charge in [0.15, 0.2) is 0 Å². The molecule has 0 bridgehead atoms. The van der Waals surface area contributed by atoms with Crippen LogP contribution in [0, 0.1) is 0 Å². The molecule has 0 fully saturated rings. The Bertz CT molecular complexity index is 2140. The van der Waals surface area contributed by atoms with Crippen LogP contribution in [-0.2, 0) is 0 Å². The molecule has 0 radical (unpaired) electrons. The fourth-order valence-electron chi connectivity index (χ4n) is 5.95. The quantitative estimate of drug-likeness (QED) is 0.230. The van der Waals surface area contributed by atoms with E-state index < -0.39 is 0 Å². The molecule has 2 heterocycles. The summed E-state index contributed by atoms with van der Waals surface area (Å²) in [6.45, 7) is 0. The summed E-state index contributed by atoms with van der Waals surface area (Å²) in [7, 11) is 0. The molecule has 8 rings (SSSR count). The Kier molecular flexibility index (Phi) is 4.26. The normalized spacial score (nSPS) is 11.8. The highest BCUT2D eigenvalue weighted by atomic mass is 15.0. The van der Waals surface area contributed by atoms with Gasteiger partial charge in [0, 0.05) is 33.6 Å². The summed E-state index contributed by atoms with van der Waals surface area (Å²) < 4.78 is 2.36. The third-order valence-corrected chi connectivity index (χ3v) is 7.61. The van der Waals surface area contributed by atoms with Crippen LogP contribution in [-0.4, -0.2) is 9.55 Å². The summed E-state index contributed by atoms with van der Waals surface area (Å²) in [5.41, 5.74) is 6.98. The lowest BCUT2D eigenvalue weighted by Gasteiger charge is -2.13. The van der Waals surface area contributed by atoms with Crippen LogP contribution in [0.1, 0.15) is 0 Å². The first kappa shape index (κ1) is 20.3. The minimum atomic E-state index is 1.04. The molecule has 2 aromatic heterocycles. The highest BCUT2D eigenvalue weighted by Gasteiger charge is 2.16. The van der Waals surface area contributed by atoms with Crippen LogP contribution in [0.3, 0.4) is 0 Å². The molecule has 0 aliphatic carbocycles. The molecular formula is C35H22N2. The van der Waals surface area contributed by atoms with E-state index in [2.05, 4.69) is 126 Å². The fourth-order valence-corrected chi connectivity index (χ4v) is 5.95. The van der Waals surface area contributed by atoms with Crippen molar-refractivity contribution in [2.24, 2.45) is 0 Å². The smallest absolute Gasteiger partial charge is 0.0786 e. The van der Waals surface area contributed by atoms with Gasteiger partial charge in [-0.15, -0.1) is 0 Å². The van der Waals surface area contributed by atoms with E-state index in [1.54, 1.807) is 0 Å². The second kappa shape index (κ2) is 7.78. The standard InChI is InChI=1S/C35H22N2/c1-2-10-25(11-3-1)37-33-15-7-6-13-28(33)32-21-24(17-19-34(32)37)30-22-31-26-12-5-4-9-23(26)16-18-27(31)29-14-8-20-36-35(29)30/h1-22H. The molecular weight excluding hydrogens is 448 g/mol. The van der Waals surface area contributed by atoms with Crippen molar-refractivity contribution in [3.63, 3.8) is 0 Å². The maximum Gasteiger partial charge on any atom is 0.0786 e. The summed E-state index contributed by atoms with van der Waals surface area (Å²) in [6, 6.07) is 45.8. The Morgan fingerprint density at radius 1 is 0.459 bits per heavy atom. The molecule has 0 aliphatic heterocycles. The zero-order valence-corrected chi connectivity index (χ0v) is 20.1. The molecule has 0 N–H and O–H groups in total. The maximum atomic E-state index is 4.88. The Balaban J connectivity index is 1.47. The Labute approximate surface area is 214 Å². The highest BCUT2D eigenvalue weighted by Crippen LogP contribution is 2.39. The van der Waals surface area contributed by atoms with Gasteiger partial charge in [-0.25, -0.2) is 0 Å². The second-order valence-corrected chi connectivity index (χ2v) is 9.63. The van der Waals surface area contributed by atoms with E-state index in [1.807, 2.05) is 12.3 Å². The Morgan fingerprint density at radius 2 is 1.22 bits per heavy atom. The summed E-state index contributed by atoms with van der Waals surface area (Å²) in [6.07, 6.45) is 1.90. The van der Waals surface area contributed by atoms with Gasteiger partial charge in [0.25, 0.3) is 0 Å². The largest absolute Gasteiger partial charge is 0.309 e. The van der Waals surface area contributed by atoms with Gasteiger partial charge in [0.1, 0.15) is 0 Å². The predicted octanol–water partition coefficient (Wildman–Crippen LogP) is 9.31. The number of fused-ring (bicyclic) bond motifs is 8. The number of rotatable bonds is 2. The molecule has 0 saturated carbocycles. The van der Waals surface area contributed by atoms with Crippen molar-refractivity contribution >= 4 is 54.3 Å². The predicted molar refractivity (Wildman–Crippen MR) is 157 cm³/mol. The lowest BCUT2D eigenvalue weighted by molar-refractivity contribution is 1.18. The number of pyridine rings is 1. The summed E-state index contributed by atoms with van der Waals surface area (Å²) in [5, 5.41) is 8.73. The molecule has 2 heteroatoms. The first-order valence-corrected chi connectivity index (χ1v) is 12.6. The third kappa shape index (κ3) is 2.96. The molecule has 2 nitrogen and oxygen atoms in total. The molecule has 0 atom stereocenters. The number of hydrogen-bond acceptors (Lipinski definition) is 1. The first-order chi connectivity index (χ1) is 18.4. The van der Waals surface area contributed by atoms with Crippen molar-refractivity contribution in [2.75, 3.05) is 0 Å². The van der Waals surface area contributed by atoms with E-state index in [4.69, 9.17) is 4.98 Å². The number of hydrogen-bond donors (Lipinski definition) is 0. The minimum absolute atomic E-state index is 1.04. The van der Waals surface area contributed by atoms with Gasteiger partial charge < -0.3 is 4.57 Å². The van der Waals surface area contributed by atoms with Crippen molar-refractivity contribution in [3.8, 4) is 16.8 Å². The van der Waals surface area contributed by atoms with Crippen molar-refractivity contribution in [2.45, 2.75) is 0 Å². The van der Waals surface area contributed by atoms with Crippen LogP contribution in [0.15, 0.2) is 134 Å². The molecule has 172 valence electrons. The summed E-state index contributed by atoms with van der Waals surface area (Å²) >= 11 is 0. The molecule has 0 amide bonds. The van der Waals surface area contributed by atoms with Crippen LogP contribution in [0.4, 0.5) is 0 Å². The van der Waals surface area contributed by atoms with Gasteiger partial charge in [-0.05, 0) is 69.6 Å². The van der Waals surface area contributed by atoms with Gasteiger partial charge in [-0.2, -0.15) is 0 Å². The van der Waals surface area contributed by atoms with Crippen LogP contribution >= 0.6 is 0 Å². The molecule has 8 aromatic rings. The Morgan fingerprint density at radius 3 is 2.14 bits per heavy atom. The van der Waals surface area contributed by atoms with Crippen LogP contribution < -0.4 is 0 Å². The number of para-hydroxylation sites is 2. The summed E-state index contributed by atoms with van der Waals surface area (Å²) in [5.74, 6) is 0. The van der Waals surface area contributed by atoms with Crippen molar-refractivity contribution in [3.05, 3.63) is 134 Å². The molecule has 0 saturated heterocycles. The molecule has 0 spiro atoms. The zero-order chi connectivity index (χ0) is 24.3. The van der Waals surface area contributed by atoms with Crippen LogP contribution in [0.2, 0.25) is 0 Å². The molecule has 0 unspecified atom stereocenters. The number of nitrogens with zero attached hydrogens (tertiary/aromatic N) is 2. The van der Waals surface area contributed by atoms with Gasteiger partial charge in [-0.3, -0.25) is 4.98 Å². The van der Waals surface area contributed by atoms with Gasteiger partial charge in [0.05, 0.1) is 16.6 Å². The van der Waals surface area contributed by atoms with E-state index in [-0.39, 0.29) is 0 Å². The van der Waals surface area contributed by atoms with Crippen LogP contribution in [0.5, 0.6) is 0 Å². The zero-order valence-electron chi connectivity index (χ0n) is 20.1. The number of aromatic nitrogens is 2.